The second-order valence-corrected chi connectivity index (χ2v) is 4.31. The molecule has 1 aromatic rings. The van der Waals surface area contributed by atoms with Crippen molar-refractivity contribution in [2.45, 2.75) is 31.7 Å². The van der Waals surface area contributed by atoms with Crippen molar-refractivity contribution in [1.29, 1.82) is 0 Å². The van der Waals surface area contributed by atoms with Crippen LogP contribution in [0.15, 0.2) is 30.3 Å². The highest BCUT2D eigenvalue weighted by atomic mass is 16.2. The average molecular weight is 218 g/mol. The first-order chi connectivity index (χ1) is 7.79. The number of nitrogens with two attached hydrogens (primary N) is 1. The quantitative estimate of drug-likeness (QED) is 0.774. The summed E-state index contributed by atoms with van der Waals surface area (Å²) in [7, 11) is 0. The van der Waals surface area contributed by atoms with E-state index in [4.69, 9.17) is 5.73 Å². The molecule has 3 heteroatoms. The number of likely N-dealkylation sites (tertiary alicyclic amines) is 1. The summed E-state index contributed by atoms with van der Waals surface area (Å²) < 4.78 is 0. The van der Waals surface area contributed by atoms with Gasteiger partial charge in [0.1, 0.15) is 0 Å². The summed E-state index contributed by atoms with van der Waals surface area (Å²) in [5.41, 5.74) is 6.65. The summed E-state index contributed by atoms with van der Waals surface area (Å²) in [4.78, 5) is 13.2. The van der Waals surface area contributed by atoms with Crippen LogP contribution in [-0.4, -0.2) is 17.5 Å². The molecule has 0 bridgehead atoms. The normalized spacial score (nSPS) is 21.5. The largest absolute Gasteiger partial charge is 0.351 e. The smallest absolute Gasteiger partial charge is 0.315 e. The van der Waals surface area contributed by atoms with Crippen LogP contribution in [0.5, 0.6) is 0 Å². The number of benzene rings is 1. The molecule has 1 aromatic carbocycles. The molecule has 1 saturated heterocycles. The molecule has 86 valence electrons. The van der Waals surface area contributed by atoms with Gasteiger partial charge >= 0.3 is 6.03 Å². The van der Waals surface area contributed by atoms with E-state index >= 15 is 0 Å². The van der Waals surface area contributed by atoms with Crippen LogP contribution in [0, 0.1) is 0 Å². The minimum absolute atomic E-state index is 0.168. The fourth-order valence-electron chi connectivity index (χ4n) is 2.39. The van der Waals surface area contributed by atoms with Gasteiger partial charge in [0.15, 0.2) is 0 Å². The molecular weight excluding hydrogens is 200 g/mol. The molecule has 1 aliphatic rings. The van der Waals surface area contributed by atoms with E-state index in [0.29, 0.717) is 0 Å². The van der Waals surface area contributed by atoms with Gasteiger partial charge in [-0.05, 0) is 18.4 Å². The van der Waals surface area contributed by atoms with E-state index in [0.717, 1.165) is 19.4 Å². The molecule has 0 spiro atoms. The Morgan fingerprint density at radius 1 is 1.19 bits per heavy atom. The third-order valence-corrected chi connectivity index (χ3v) is 3.22. The first-order valence-electron chi connectivity index (χ1n) is 5.90. The number of carbonyl (C=O) groups excluding carboxylic acids is 1. The Morgan fingerprint density at radius 2 is 1.94 bits per heavy atom. The zero-order valence-corrected chi connectivity index (χ0v) is 9.43. The minimum Gasteiger partial charge on any atom is -0.351 e. The predicted molar refractivity (Wildman–Crippen MR) is 63.9 cm³/mol. The molecule has 2 rings (SSSR count). The van der Waals surface area contributed by atoms with E-state index in [9.17, 15) is 4.79 Å². The third-order valence-electron chi connectivity index (χ3n) is 3.22. The van der Waals surface area contributed by atoms with Gasteiger partial charge in [0, 0.05) is 6.54 Å². The monoisotopic (exact) mass is 218 g/mol. The third kappa shape index (κ3) is 2.35. The van der Waals surface area contributed by atoms with Gasteiger partial charge in [0.25, 0.3) is 0 Å². The number of urea groups is 1. The van der Waals surface area contributed by atoms with Crippen LogP contribution in [0.2, 0.25) is 0 Å². The lowest BCUT2D eigenvalue weighted by molar-refractivity contribution is 0.185. The number of primary amides is 1. The average Bonchev–Trinajstić information content (AvgIpc) is 2.55. The maximum Gasteiger partial charge on any atom is 0.315 e. The Kier molecular flexibility index (Phi) is 3.44. The maximum absolute atomic E-state index is 11.4. The molecule has 0 saturated carbocycles. The molecule has 16 heavy (non-hydrogen) atoms. The Hall–Kier alpha value is -1.51. The molecule has 2 amide bonds. The molecule has 0 radical (unpaired) electrons. The molecule has 1 aliphatic heterocycles. The van der Waals surface area contributed by atoms with Gasteiger partial charge in [-0.25, -0.2) is 4.79 Å². The number of nitrogens with zero attached hydrogens (tertiary/aromatic N) is 1. The summed E-state index contributed by atoms with van der Waals surface area (Å²) in [6.07, 6.45) is 4.44. The van der Waals surface area contributed by atoms with Gasteiger partial charge in [-0.3, -0.25) is 0 Å². The molecule has 0 aliphatic carbocycles. The second-order valence-electron chi connectivity index (χ2n) is 4.31. The van der Waals surface area contributed by atoms with Crippen molar-refractivity contribution in [3.05, 3.63) is 35.9 Å². The zero-order valence-electron chi connectivity index (χ0n) is 9.43. The number of carbonyl (C=O) groups is 1. The van der Waals surface area contributed by atoms with Crippen LogP contribution in [0.25, 0.3) is 0 Å². The summed E-state index contributed by atoms with van der Waals surface area (Å²) >= 11 is 0. The lowest BCUT2D eigenvalue weighted by atomic mass is 10.0. The molecule has 1 atom stereocenters. The van der Waals surface area contributed by atoms with Gasteiger partial charge in [0.05, 0.1) is 6.04 Å². The highest BCUT2D eigenvalue weighted by molar-refractivity contribution is 5.72. The first kappa shape index (κ1) is 11.0. The lowest BCUT2D eigenvalue weighted by Crippen LogP contribution is -2.38. The minimum atomic E-state index is -0.296. The molecule has 1 heterocycles. The second kappa shape index (κ2) is 5.01. The van der Waals surface area contributed by atoms with E-state index in [1.807, 2.05) is 23.1 Å². The molecule has 1 fully saturated rings. The van der Waals surface area contributed by atoms with Crippen molar-refractivity contribution in [2.24, 2.45) is 5.73 Å². The Bertz CT molecular complexity index is 350. The lowest BCUT2D eigenvalue weighted by Gasteiger charge is -2.28. The highest BCUT2D eigenvalue weighted by Gasteiger charge is 2.24. The van der Waals surface area contributed by atoms with Crippen LogP contribution >= 0.6 is 0 Å². The molecule has 3 nitrogen and oxygen atoms in total. The van der Waals surface area contributed by atoms with Crippen molar-refractivity contribution in [2.75, 3.05) is 6.54 Å². The summed E-state index contributed by atoms with van der Waals surface area (Å²) in [6.45, 7) is 0.787. The fourth-order valence-corrected chi connectivity index (χ4v) is 2.39. The first-order valence-corrected chi connectivity index (χ1v) is 5.90. The number of hydrogen-bond donors (Lipinski definition) is 1. The van der Waals surface area contributed by atoms with Crippen molar-refractivity contribution in [1.82, 2.24) is 4.90 Å². The van der Waals surface area contributed by atoms with Gasteiger partial charge in [0.2, 0.25) is 0 Å². The van der Waals surface area contributed by atoms with E-state index in [1.54, 1.807) is 0 Å². The molecule has 1 unspecified atom stereocenters. The van der Waals surface area contributed by atoms with Crippen molar-refractivity contribution < 1.29 is 4.79 Å². The summed E-state index contributed by atoms with van der Waals surface area (Å²) in [6, 6.07) is 10.0. The summed E-state index contributed by atoms with van der Waals surface area (Å²) in [5, 5.41) is 0. The highest BCUT2D eigenvalue weighted by Crippen LogP contribution is 2.29. The molecule has 0 aromatic heterocycles. The van der Waals surface area contributed by atoms with Gasteiger partial charge in [-0.1, -0.05) is 43.2 Å². The zero-order chi connectivity index (χ0) is 11.4. The Labute approximate surface area is 96.2 Å². The van der Waals surface area contributed by atoms with Gasteiger partial charge < -0.3 is 10.6 Å². The Balaban J connectivity index is 2.24. The fraction of sp³-hybridized carbons (Fsp3) is 0.462. The number of amides is 2. The van der Waals surface area contributed by atoms with E-state index < -0.39 is 0 Å². The van der Waals surface area contributed by atoms with Crippen LogP contribution in [-0.2, 0) is 0 Å². The topological polar surface area (TPSA) is 46.3 Å². The van der Waals surface area contributed by atoms with Crippen LogP contribution < -0.4 is 5.73 Å². The van der Waals surface area contributed by atoms with E-state index in [-0.39, 0.29) is 12.1 Å². The van der Waals surface area contributed by atoms with E-state index in [2.05, 4.69) is 12.1 Å². The van der Waals surface area contributed by atoms with Gasteiger partial charge in [-0.15, -0.1) is 0 Å². The standard InChI is InChI=1S/C13H18N2O/c14-13(16)15-10-6-2-5-9-12(15)11-7-3-1-4-8-11/h1,3-4,7-8,12H,2,5-6,9-10H2,(H2,14,16). The van der Waals surface area contributed by atoms with Crippen LogP contribution in [0.3, 0.4) is 0 Å². The van der Waals surface area contributed by atoms with Gasteiger partial charge in [-0.2, -0.15) is 0 Å². The Morgan fingerprint density at radius 3 is 2.62 bits per heavy atom. The van der Waals surface area contributed by atoms with E-state index in [1.165, 1.54) is 18.4 Å². The SMILES string of the molecule is NC(=O)N1CCCCCC1c1ccccc1. The molecular formula is C13H18N2O. The number of rotatable bonds is 1. The maximum atomic E-state index is 11.4. The molecule has 2 N–H and O–H groups in total. The van der Waals surface area contributed by atoms with Crippen molar-refractivity contribution >= 4 is 6.03 Å². The summed E-state index contributed by atoms with van der Waals surface area (Å²) in [5.74, 6) is 0. The van der Waals surface area contributed by atoms with Crippen molar-refractivity contribution in [3.8, 4) is 0 Å². The van der Waals surface area contributed by atoms with Crippen LogP contribution in [0.1, 0.15) is 37.3 Å². The van der Waals surface area contributed by atoms with Crippen molar-refractivity contribution in [3.63, 3.8) is 0 Å². The number of hydrogen-bond acceptors (Lipinski definition) is 1. The van der Waals surface area contributed by atoms with Crippen LogP contribution in [0.4, 0.5) is 4.79 Å². The predicted octanol–water partition coefficient (Wildman–Crippen LogP) is 2.68.